The fourth-order valence-corrected chi connectivity index (χ4v) is 5.09. The first-order valence-corrected chi connectivity index (χ1v) is 11.3. The number of phenols is 2. The van der Waals surface area contributed by atoms with Crippen molar-refractivity contribution in [2.45, 2.75) is 31.8 Å². The van der Waals surface area contributed by atoms with Crippen molar-refractivity contribution in [3.8, 4) is 39.9 Å². The number of aromatic hydroxyl groups is 2. The van der Waals surface area contributed by atoms with Crippen LogP contribution in [0.3, 0.4) is 0 Å². The van der Waals surface area contributed by atoms with Gasteiger partial charge in [0, 0.05) is 29.7 Å². The van der Waals surface area contributed by atoms with E-state index in [1.54, 1.807) is 24.3 Å². The van der Waals surface area contributed by atoms with E-state index in [1.807, 2.05) is 12.1 Å². The second-order valence-electron chi connectivity index (χ2n) is 8.64. The van der Waals surface area contributed by atoms with Crippen LogP contribution in [0.2, 0.25) is 0 Å². The van der Waals surface area contributed by atoms with Crippen LogP contribution in [-0.4, -0.2) is 41.8 Å². The Bertz CT molecular complexity index is 1300. The SMILES string of the molecule is COc1cc([C@H]2Oc3c(ccc4c3CCc3cc(O)cc(OCO)c3-4)[C@@H]2COC(C)=O)ccc1O. The Morgan fingerprint density at radius 2 is 1.91 bits per heavy atom. The van der Waals surface area contributed by atoms with E-state index in [-0.39, 0.29) is 30.0 Å². The summed E-state index contributed by atoms with van der Waals surface area (Å²) in [5, 5.41) is 29.5. The number of benzene rings is 3. The lowest BCUT2D eigenvalue weighted by molar-refractivity contribution is -0.141. The normalized spacial score (nSPS) is 17.6. The van der Waals surface area contributed by atoms with Gasteiger partial charge in [0.15, 0.2) is 18.3 Å². The molecule has 0 radical (unpaired) electrons. The molecular weight excluding hydrogens is 452 g/mol. The molecule has 0 aromatic heterocycles. The number of esters is 1. The van der Waals surface area contributed by atoms with Gasteiger partial charge in [0.1, 0.15) is 30.0 Å². The van der Waals surface area contributed by atoms with Crippen LogP contribution in [-0.2, 0) is 22.4 Å². The first kappa shape index (κ1) is 22.9. The number of hydrogen-bond acceptors (Lipinski definition) is 8. The summed E-state index contributed by atoms with van der Waals surface area (Å²) in [6.45, 7) is 0.997. The van der Waals surface area contributed by atoms with E-state index < -0.39 is 12.9 Å². The lowest BCUT2D eigenvalue weighted by Gasteiger charge is -2.24. The van der Waals surface area contributed by atoms with Crippen LogP contribution in [0.1, 0.15) is 41.2 Å². The molecule has 5 rings (SSSR count). The van der Waals surface area contributed by atoms with Gasteiger partial charge >= 0.3 is 5.97 Å². The molecule has 3 aromatic carbocycles. The molecule has 0 saturated heterocycles. The molecule has 35 heavy (non-hydrogen) atoms. The number of ether oxygens (including phenoxy) is 4. The molecule has 8 heteroatoms. The highest BCUT2D eigenvalue weighted by Crippen LogP contribution is 2.53. The van der Waals surface area contributed by atoms with E-state index in [4.69, 9.17) is 18.9 Å². The van der Waals surface area contributed by atoms with Crippen LogP contribution >= 0.6 is 0 Å². The quantitative estimate of drug-likeness (QED) is 0.360. The smallest absolute Gasteiger partial charge is 0.302 e. The van der Waals surface area contributed by atoms with E-state index in [1.165, 1.54) is 20.1 Å². The van der Waals surface area contributed by atoms with E-state index in [0.717, 1.165) is 39.1 Å². The third-order valence-corrected chi connectivity index (χ3v) is 6.60. The van der Waals surface area contributed by atoms with Crippen molar-refractivity contribution in [1.29, 1.82) is 0 Å². The first-order chi connectivity index (χ1) is 16.9. The Hall–Kier alpha value is -3.91. The molecule has 0 spiro atoms. The Labute approximate surface area is 202 Å². The second kappa shape index (κ2) is 9.03. The van der Waals surface area contributed by atoms with E-state index >= 15 is 0 Å². The lowest BCUT2D eigenvalue weighted by Crippen LogP contribution is -2.17. The van der Waals surface area contributed by atoms with Crippen molar-refractivity contribution in [2.24, 2.45) is 0 Å². The van der Waals surface area contributed by atoms with Crippen molar-refractivity contribution in [3.63, 3.8) is 0 Å². The van der Waals surface area contributed by atoms with Gasteiger partial charge in [-0.25, -0.2) is 0 Å². The molecule has 2 aliphatic rings. The molecule has 1 aliphatic carbocycles. The number of carbonyl (C=O) groups excluding carboxylic acids is 1. The zero-order chi connectivity index (χ0) is 24.7. The maximum absolute atomic E-state index is 11.6. The van der Waals surface area contributed by atoms with Crippen molar-refractivity contribution >= 4 is 5.97 Å². The minimum atomic E-state index is -0.512. The van der Waals surface area contributed by atoms with Gasteiger partial charge in [-0.1, -0.05) is 18.2 Å². The van der Waals surface area contributed by atoms with Crippen LogP contribution in [0.15, 0.2) is 42.5 Å². The molecular formula is C27H26O8. The van der Waals surface area contributed by atoms with Gasteiger partial charge < -0.3 is 34.3 Å². The van der Waals surface area contributed by atoms with Crippen molar-refractivity contribution in [3.05, 3.63) is 64.7 Å². The second-order valence-corrected chi connectivity index (χ2v) is 8.64. The summed E-state index contributed by atoms with van der Waals surface area (Å²) in [7, 11) is 1.48. The van der Waals surface area contributed by atoms with Crippen LogP contribution in [0.25, 0.3) is 11.1 Å². The fraction of sp³-hybridized carbons (Fsp3) is 0.296. The maximum Gasteiger partial charge on any atom is 0.302 e. The number of aliphatic hydroxyl groups is 1. The zero-order valence-electron chi connectivity index (χ0n) is 19.4. The predicted octanol–water partition coefficient (Wildman–Crippen LogP) is 3.98. The van der Waals surface area contributed by atoms with Gasteiger partial charge in [0.2, 0.25) is 0 Å². The summed E-state index contributed by atoms with van der Waals surface area (Å²) in [5.74, 6) is 0.923. The largest absolute Gasteiger partial charge is 0.508 e. The number of hydrogen-bond donors (Lipinski definition) is 3. The Balaban J connectivity index is 1.62. The van der Waals surface area contributed by atoms with Crippen LogP contribution in [0.5, 0.6) is 28.7 Å². The van der Waals surface area contributed by atoms with Crippen LogP contribution in [0.4, 0.5) is 0 Å². The fourth-order valence-electron chi connectivity index (χ4n) is 5.09. The first-order valence-electron chi connectivity index (χ1n) is 11.3. The average molecular weight is 478 g/mol. The summed E-state index contributed by atoms with van der Waals surface area (Å²) >= 11 is 0. The third kappa shape index (κ3) is 4.00. The predicted molar refractivity (Wildman–Crippen MR) is 126 cm³/mol. The molecule has 0 unspecified atom stereocenters. The van der Waals surface area contributed by atoms with Gasteiger partial charge in [0.05, 0.1) is 13.0 Å². The van der Waals surface area contributed by atoms with E-state index in [2.05, 4.69) is 0 Å². The summed E-state index contributed by atoms with van der Waals surface area (Å²) in [5.41, 5.74) is 5.35. The van der Waals surface area contributed by atoms with Crippen molar-refractivity contribution in [2.75, 3.05) is 20.5 Å². The topological polar surface area (TPSA) is 115 Å². The number of aliphatic hydroxyl groups excluding tert-OH is 1. The lowest BCUT2D eigenvalue weighted by atomic mass is 9.82. The molecule has 1 aliphatic heterocycles. The van der Waals surface area contributed by atoms with E-state index in [0.29, 0.717) is 24.3 Å². The molecule has 1 heterocycles. The molecule has 3 aromatic rings. The monoisotopic (exact) mass is 478 g/mol. The number of aryl methyl sites for hydroxylation is 1. The zero-order valence-corrected chi connectivity index (χ0v) is 19.4. The number of phenolic OH excluding ortho intramolecular Hbond substituents is 2. The van der Waals surface area contributed by atoms with Crippen LogP contribution < -0.4 is 14.2 Å². The van der Waals surface area contributed by atoms with Gasteiger partial charge in [-0.15, -0.1) is 0 Å². The minimum Gasteiger partial charge on any atom is -0.508 e. The molecule has 3 N–H and O–H groups in total. The molecule has 0 bridgehead atoms. The summed E-state index contributed by atoms with van der Waals surface area (Å²) < 4.78 is 22.7. The highest BCUT2D eigenvalue weighted by molar-refractivity contribution is 5.82. The number of fused-ring (bicyclic) bond motifs is 5. The third-order valence-electron chi connectivity index (χ3n) is 6.60. The summed E-state index contributed by atoms with van der Waals surface area (Å²) in [6, 6.07) is 12.2. The van der Waals surface area contributed by atoms with Crippen molar-refractivity contribution in [1.82, 2.24) is 0 Å². The van der Waals surface area contributed by atoms with Gasteiger partial charge in [0.25, 0.3) is 0 Å². The molecule has 0 fully saturated rings. The maximum atomic E-state index is 11.6. The number of methoxy groups -OCH3 is 1. The highest BCUT2D eigenvalue weighted by Gasteiger charge is 2.40. The molecule has 0 amide bonds. The standard InChI is InChI=1S/C27H26O8/c1-14(29)33-12-21-20-7-6-18-19(5-3-15-9-17(30)11-24(25(15)18)34-13-28)27(20)35-26(21)16-4-8-22(31)23(10-16)32-2/h4,6-11,21,26,28,30-31H,3,5,12-13H2,1-2H3/t21-,26+/m0/s1. The Morgan fingerprint density at radius 1 is 1.09 bits per heavy atom. The van der Waals surface area contributed by atoms with Crippen LogP contribution in [0, 0.1) is 0 Å². The Kier molecular flexibility index (Phi) is 5.90. The van der Waals surface area contributed by atoms with Gasteiger partial charge in [-0.05, 0) is 47.7 Å². The van der Waals surface area contributed by atoms with E-state index in [9.17, 15) is 20.1 Å². The highest BCUT2D eigenvalue weighted by atomic mass is 16.6. The number of carbonyl (C=O) groups is 1. The number of rotatable bonds is 6. The average Bonchev–Trinajstić information content (AvgIpc) is 3.21. The molecule has 2 atom stereocenters. The summed E-state index contributed by atoms with van der Waals surface area (Å²) in [6.07, 6.45) is 0.879. The Morgan fingerprint density at radius 3 is 2.66 bits per heavy atom. The molecule has 182 valence electrons. The van der Waals surface area contributed by atoms with Gasteiger partial charge in [-0.3, -0.25) is 4.79 Å². The van der Waals surface area contributed by atoms with Crippen molar-refractivity contribution < 1.29 is 39.1 Å². The molecule has 0 saturated carbocycles. The molecule has 8 nitrogen and oxygen atoms in total. The van der Waals surface area contributed by atoms with Gasteiger partial charge in [-0.2, -0.15) is 0 Å². The summed E-state index contributed by atoms with van der Waals surface area (Å²) in [4.78, 5) is 11.6. The minimum absolute atomic E-state index is 0.0250.